The first kappa shape index (κ1) is 13.9. The molecule has 1 rings (SSSR count). The molecule has 0 saturated heterocycles. The van der Waals surface area contributed by atoms with Crippen molar-refractivity contribution in [2.75, 3.05) is 18.1 Å². The van der Waals surface area contributed by atoms with Crippen molar-refractivity contribution in [3.8, 4) is 0 Å². The van der Waals surface area contributed by atoms with Crippen LogP contribution in [-0.2, 0) is 9.53 Å². The van der Waals surface area contributed by atoms with Crippen LogP contribution in [0.3, 0.4) is 0 Å². The summed E-state index contributed by atoms with van der Waals surface area (Å²) in [5.41, 5.74) is 6.44. The quantitative estimate of drug-likeness (QED) is 0.387. The molecule has 1 aromatic carbocycles. The molecule has 0 aromatic heterocycles. The first-order chi connectivity index (χ1) is 8.15. The molecule has 0 aliphatic carbocycles. The third-order valence-electron chi connectivity index (χ3n) is 1.86. The molecule has 0 fully saturated rings. The smallest absolute Gasteiger partial charge is 0.330 e. The van der Waals surface area contributed by atoms with Crippen molar-refractivity contribution in [2.45, 2.75) is 11.8 Å². The molecule has 0 heterocycles. The van der Waals surface area contributed by atoms with E-state index in [9.17, 15) is 4.79 Å². The molecule has 0 aliphatic heterocycles. The highest BCUT2D eigenvalue weighted by Gasteiger charge is 2.03. The van der Waals surface area contributed by atoms with Crippen LogP contribution < -0.4 is 5.73 Å². The number of anilines is 1. The molecular weight excluding hydrogens is 258 g/mol. The normalized spacial score (nSPS) is 10.7. The number of hydrogen-bond acceptors (Lipinski definition) is 4. The van der Waals surface area contributed by atoms with Gasteiger partial charge in [-0.25, -0.2) is 4.79 Å². The highest BCUT2D eigenvalue weighted by molar-refractivity contribution is 7.99. The van der Waals surface area contributed by atoms with Gasteiger partial charge in [-0.3, -0.25) is 0 Å². The van der Waals surface area contributed by atoms with Crippen molar-refractivity contribution in [1.29, 1.82) is 0 Å². The fourth-order valence-corrected chi connectivity index (χ4v) is 2.29. The van der Waals surface area contributed by atoms with E-state index in [4.69, 9.17) is 22.1 Å². The summed E-state index contributed by atoms with van der Waals surface area (Å²) in [4.78, 5) is 11.9. The Morgan fingerprint density at radius 3 is 3.00 bits per heavy atom. The number of ether oxygens (including phenoxy) is 1. The Kier molecular flexibility index (Phi) is 5.94. The van der Waals surface area contributed by atoms with E-state index in [1.165, 1.54) is 17.8 Å². The molecule has 92 valence electrons. The summed E-state index contributed by atoms with van der Waals surface area (Å²) in [6.45, 7) is 2.15. The summed E-state index contributed by atoms with van der Waals surface area (Å²) in [6.07, 6.45) is 3.13. The lowest BCUT2D eigenvalue weighted by Crippen LogP contribution is -1.98. The lowest BCUT2D eigenvalue weighted by molar-refractivity contribution is -0.137. The van der Waals surface area contributed by atoms with Gasteiger partial charge in [0.05, 0.1) is 11.6 Å². The van der Waals surface area contributed by atoms with Gasteiger partial charge in [-0.2, -0.15) is 0 Å². The van der Waals surface area contributed by atoms with Crippen molar-refractivity contribution < 1.29 is 9.53 Å². The molecule has 0 radical (unpaired) electrons. The Hall–Kier alpha value is -1.13. The molecule has 0 amide bonds. The second kappa shape index (κ2) is 7.25. The van der Waals surface area contributed by atoms with E-state index >= 15 is 0 Å². The van der Waals surface area contributed by atoms with E-state index in [1.807, 2.05) is 0 Å². The average Bonchev–Trinajstić information content (AvgIpc) is 2.28. The molecule has 1 aromatic rings. The highest BCUT2D eigenvalue weighted by atomic mass is 35.5. The van der Waals surface area contributed by atoms with Crippen molar-refractivity contribution in [3.05, 3.63) is 35.4 Å². The molecule has 0 spiro atoms. The second-order valence-corrected chi connectivity index (χ2v) is 4.56. The Morgan fingerprint density at radius 2 is 2.35 bits per heavy atom. The number of esters is 1. The minimum Gasteiger partial charge on any atom is -0.463 e. The maximum absolute atomic E-state index is 11.0. The SMILES string of the molecule is CCOC(=O)/C=C/CSc1c(N)cccc1Cl. The van der Waals surface area contributed by atoms with E-state index in [0.29, 0.717) is 23.1 Å². The van der Waals surface area contributed by atoms with E-state index in [-0.39, 0.29) is 5.97 Å². The van der Waals surface area contributed by atoms with Crippen LogP contribution in [0.15, 0.2) is 35.2 Å². The Labute approximate surface area is 110 Å². The van der Waals surface area contributed by atoms with E-state index in [1.54, 1.807) is 31.2 Å². The van der Waals surface area contributed by atoms with Gasteiger partial charge >= 0.3 is 5.97 Å². The zero-order valence-corrected chi connectivity index (χ0v) is 11.1. The monoisotopic (exact) mass is 271 g/mol. The summed E-state index contributed by atoms with van der Waals surface area (Å²) in [5.74, 6) is 0.285. The second-order valence-electron chi connectivity index (χ2n) is 3.12. The molecule has 3 nitrogen and oxygen atoms in total. The first-order valence-electron chi connectivity index (χ1n) is 5.15. The minimum absolute atomic E-state index is 0.333. The van der Waals surface area contributed by atoms with Gasteiger partial charge in [0.2, 0.25) is 0 Å². The predicted molar refractivity (Wildman–Crippen MR) is 72.4 cm³/mol. The minimum atomic E-state index is -0.333. The van der Waals surface area contributed by atoms with Crippen LogP contribution in [0.4, 0.5) is 5.69 Å². The Bertz CT molecular complexity index is 401. The molecule has 0 saturated carbocycles. The fourth-order valence-electron chi connectivity index (χ4n) is 1.14. The molecule has 2 N–H and O–H groups in total. The van der Waals surface area contributed by atoms with Gasteiger partial charge in [0.1, 0.15) is 0 Å². The number of nitrogens with two attached hydrogens (primary N) is 1. The van der Waals surface area contributed by atoms with Crippen LogP contribution in [0.25, 0.3) is 0 Å². The molecule has 0 aliphatic rings. The summed E-state index contributed by atoms with van der Waals surface area (Å²) < 4.78 is 4.76. The summed E-state index contributed by atoms with van der Waals surface area (Å²) in [7, 11) is 0. The van der Waals surface area contributed by atoms with Gasteiger partial charge in [-0.05, 0) is 19.1 Å². The van der Waals surface area contributed by atoms with Crippen LogP contribution in [0.1, 0.15) is 6.92 Å². The standard InChI is InChI=1S/C12H14ClNO2S/c1-2-16-11(15)7-4-8-17-12-9(13)5-3-6-10(12)14/h3-7H,2,8,14H2,1H3/b7-4+. The van der Waals surface area contributed by atoms with Gasteiger partial charge in [0, 0.05) is 22.4 Å². The molecule has 5 heteroatoms. The van der Waals surface area contributed by atoms with Gasteiger partial charge in [0.15, 0.2) is 0 Å². The number of carbonyl (C=O) groups excluding carboxylic acids is 1. The number of hydrogen-bond donors (Lipinski definition) is 1. The largest absolute Gasteiger partial charge is 0.463 e. The maximum Gasteiger partial charge on any atom is 0.330 e. The molecular formula is C12H14ClNO2S. The van der Waals surface area contributed by atoms with E-state index in [2.05, 4.69) is 0 Å². The number of nitrogen functional groups attached to an aromatic ring is 1. The zero-order valence-electron chi connectivity index (χ0n) is 9.48. The Balaban J connectivity index is 2.49. The average molecular weight is 272 g/mol. The lowest BCUT2D eigenvalue weighted by atomic mass is 10.3. The summed E-state index contributed by atoms with van der Waals surface area (Å²) in [5, 5.41) is 0.625. The van der Waals surface area contributed by atoms with Gasteiger partial charge < -0.3 is 10.5 Å². The predicted octanol–water partition coefficient (Wildman–Crippen LogP) is 3.13. The molecule has 0 atom stereocenters. The van der Waals surface area contributed by atoms with Gasteiger partial charge in [0.25, 0.3) is 0 Å². The third-order valence-corrected chi connectivity index (χ3v) is 3.39. The van der Waals surface area contributed by atoms with Crippen LogP contribution in [-0.4, -0.2) is 18.3 Å². The number of rotatable bonds is 5. The van der Waals surface area contributed by atoms with Crippen LogP contribution in [0.5, 0.6) is 0 Å². The van der Waals surface area contributed by atoms with Crippen LogP contribution in [0.2, 0.25) is 5.02 Å². The number of halogens is 1. The van der Waals surface area contributed by atoms with Gasteiger partial charge in [-0.1, -0.05) is 23.7 Å². The maximum atomic E-state index is 11.0. The number of carbonyl (C=O) groups is 1. The van der Waals surface area contributed by atoms with Gasteiger partial charge in [-0.15, -0.1) is 11.8 Å². The van der Waals surface area contributed by atoms with Crippen molar-refractivity contribution in [1.82, 2.24) is 0 Å². The molecule has 0 unspecified atom stereocenters. The zero-order chi connectivity index (χ0) is 12.7. The van der Waals surface area contributed by atoms with E-state index < -0.39 is 0 Å². The van der Waals surface area contributed by atoms with Crippen LogP contribution >= 0.6 is 23.4 Å². The number of thioether (sulfide) groups is 1. The van der Waals surface area contributed by atoms with Crippen molar-refractivity contribution >= 4 is 35.0 Å². The molecule has 17 heavy (non-hydrogen) atoms. The van der Waals surface area contributed by atoms with Crippen molar-refractivity contribution in [2.24, 2.45) is 0 Å². The highest BCUT2D eigenvalue weighted by Crippen LogP contribution is 2.32. The fraction of sp³-hybridized carbons (Fsp3) is 0.250. The number of benzene rings is 1. The summed E-state index contributed by atoms with van der Waals surface area (Å²) in [6, 6.07) is 5.38. The first-order valence-corrected chi connectivity index (χ1v) is 6.51. The topological polar surface area (TPSA) is 52.3 Å². The molecule has 0 bridgehead atoms. The lowest BCUT2D eigenvalue weighted by Gasteiger charge is -2.05. The van der Waals surface area contributed by atoms with Crippen LogP contribution in [0, 0.1) is 0 Å². The van der Waals surface area contributed by atoms with Crippen molar-refractivity contribution in [3.63, 3.8) is 0 Å². The van der Waals surface area contributed by atoms with E-state index in [0.717, 1.165) is 4.90 Å². The third kappa shape index (κ3) is 4.71. The summed E-state index contributed by atoms with van der Waals surface area (Å²) >= 11 is 7.49. The Morgan fingerprint density at radius 1 is 1.59 bits per heavy atom.